The third kappa shape index (κ3) is 6.74. The molecule has 1 aliphatic rings. The van der Waals surface area contributed by atoms with E-state index >= 15 is 0 Å². The normalized spacial score (nSPS) is 19.6. The number of anilines is 1. The van der Waals surface area contributed by atoms with Gasteiger partial charge in [0.1, 0.15) is 30.0 Å². The van der Waals surface area contributed by atoms with Crippen LogP contribution in [0.15, 0.2) is 22.7 Å². The molecule has 222 valence electrons. The number of aliphatic hydroxyl groups excluding tert-OH is 1. The Bertz CT molecular complexity index is 1350. The molecule has 11 nitrogen and oxygen atoms in total. The highest BCUT2D eigenvalue weighted by atomic mass is 35.5. The number of hydrogen-bond acceptors (Lipinski definition) is 10. The van der Waals surface area contributed by atoms with Crippen LogP contribution >= 0.6 is 11.6 Å². The first-order valence-corrected chi connectivity index (χ1v) is 14.1. The molecule has 0 spiro atoms. The molecule has 2 aromatic heterocycles. The molecule has 4 rings (SSSR count). The van der Waals surface area contributed by atoms with Crippen LogP contribution < -0.4 is 15.4 Å². The van der Waals surface area contributed by atoms with Gasteiger partial charge in [-0.2, -0.15) is 0 Å². The minimum absolute atomic E-state index is 0.0196. The number of nitrogens with one attached hydrogen (secondary N) is 2. The monoisotopic (exact) mass is 586 g/mol. The first-order chi connectivity index (χ1) is 19.5. The molecule has 1 amide bonds. The zero-order chi connectivity index (χ0) is 29.8. The Morgan fingerprint density at radius 1 is 1.22 bits per heavy atom. The Labute approximate surface area is 245 Å². The Balaban J connectivity index is 1.73. The number of nitrogens with zero attached hydrogens (tertiary/aromatic N) is 4. The van der Waals surface area contributed by atoms with E-state index in [4.69, 9.17) is 35.6 Å². The Morgan fingerprint density at radius 2 is 1.93 bits per heavy atom. The van der Waals surface area contributed by atoms with E-state index in [1.165, 1.54) is 7.11 Å². The van der Waals surface area contributed by atoms with Crippen molar-refractivity contribution in [2.24, 2.45) is 0 Å². The van der Waals surface area contributed by atoms with Crippen LogP contribution in [-0.4, -0.2) is 82.8 Å². The second-order valence-electron chi connectivity index (χ2n) is 10.6. The molecule has 0 saturated carbocycles. The average Bonchev–Trinajstić information content (AvgIpc) is 3.26. The molecular weight excluding hydrogens is 548 g/mol. The number of methoxy groups -OCH3 is 1. The van der Waals surface area contributed by atoms with Crippen LogP contribution in [0, 0.1) is 20.8 Å². The van der Waals surface area contributed by atoms with Gasteiger partial charge < -0.3 is 34.6 Å². The van der Waals surface area contributed by atoms with Crippen LogP contribution in [0.4, 0.5) is 10.6 Å². The molecule has 3 heterocycles. The maximum absolute atomic E-state index is 12.3. The number of likely N-dealkylation sites (tertiary alicyclic amines) is 1. The molecule has 1 aromatic carbocycles. The molecule has 0 aliphatic carbocycles. The van der Waals surface area contributed by atoms with Crippen molar-refractivity contribution in [3.05, 3.63) is 40.2 Å². The third-order valence-electron chi connectivity index (χ3n) is 7.40. The van der Waals surface area contributed by atoms with Gasteiger partial charge in [0.2, 0.25) is 0 Å². The van der Waals surface area contributed by atoms with Crippen LogP contribution in [0.3, 0.4) is 0 Å². The second kappa shape index (κ2) is 13.1. The summed E-state index contributed by atoms with van der Waals surface area (Å²) in [5, 5.41) is 21.2. The maximum atomic E-state index is 12.3. The van der Waals surface area contributed by atoms with Gasteiger partial charge >= 0.3 is 6.09 Å². The molecule has 0 radical (unpaired) electrons. The molecular formula is C29H39ClN6O5. The first kappa shape index (κ1) is 30.5. The van der Waals surface area contributed by atoms with E-state index in [0.29, 0.717) is 46.0 Å². The second-order valence-corrected chi connectivity index (χ2v) is 11.0. The molecule has 3 N–H and O–H groups in total. The topological polar surface area (TPSA) is 135 Å². The van der Waals surface area contributed by atoms with Gasteiger partial charge in [-0.25, -0.2) is 14.8 Å². The molecule has 41 heavy (non-hydrogen) atoms. The van der Waals surface area contributed by atoms with E-state index in [-0.39, 0.29) is 30.8 Å². The summed E-state index contributed by atoms with van der Waals surface area (Å²) in [6.07, 6.45) is 0.461. The summed E-state index contributed by atoms with van der Waals surface area (Å²) in [6.45, 7) is 10.3. The summed E-state index contributed by atoms with van der Waals surface area (Å²) >= 11 is 6.67. The number of ether oxygens (including phenoxy) is 2. The number of aryl methyl sites for hydroxylation is 2. The number of rotatable bonds is 9. The van der Waals surface area contributed by atoms with Crippen LogP contribution in [0.5, 0.6) is 5.75 Å². The number of aromatic nitrogens is 3. The van der Waals surface area contributed by atoms with Gasteiger partial charge in [-0.3, -0.25) is 0 Å². The minimum atomic E-state index is -0.660. The Morgan fingerprint density at radius 3 is 2.54 bits per heavy atom. The Hall–Kier alpha value is -3.41. The van der Waals surface area contributed by atoms with Gasteiger partial charge in [-0.1, -0.05) is 16.8 Å². The number of likely N-dealkylation sites (N-methyl/N-ethyl adjacent to an activating group) is 1. The number of benzene rings is 1. The number of hydrogen-bond donors (Lipinski definition) is 3. The van der Waals surface area contributed by atoms with Gasteiger partial charge in [0.15, 0.2) is 5.82 Å². The molecule has 3 aromatic rings. The Kier molecular flexibility index (Phi) is 9.72. The van der Waals surface area contributed by atoms with Crippen molar-refractivity contribution in [3.8, 4) is 28.4 Å². The lowest BCUT2D eigenvalue weighted by atomic mass is 9.93. The summed E-state index contributed by atoms with van der Waals surface area (Å²) in [5.74, 6) is 2.26. The van der Waals surface area contributed by atoms with E-state index < -0.39 is 6.10 Å². The molecule has 1 saturated heterocycles. The number of amides is 1. The van der Waals surface area contributed by atoms with Gasteiger partial charge in [0.05, 0.1) is 29.1 Å². The summed E-state index contributed by atoms with van der Waals surface area (Å²) in [6, 6.07) is 5.27. The van der Waals surface area contributed by atoms with Crippen molar-refractivity contribution in [2.45, 2.75) is 71.7 Å². The van der Waals surface area contributed by atoms with Crippen LogP contribution in [0.2, 0.25) is 5.02 Å². The quantitative estimate of drug-likeness (QED) is 0.322. The summed E-state index contributed by atoms with van der Waals surface area (Å²) < 4.78 is 16.3. The van der Waals surface area contributed by atoms with E-state index in [9.17, 15) is 9.90 Å². The number of aliphatic hydroxyl groups is 1. The summed E-state index contributed by atoms with van der Waals surface area (Å²) in [4.78, 5) is 24.0. The number of carbonyl (C=O) groups excluding carboxylic acids is 1. The molecule has 1 fully saturated rings. The summed E-state index contributed by atoms with van der Waals surface area (Å²) in [5.41, 5.74) is 3.64. The zero-order valence-corrected chi connectivity index (χ0v) is 25.4. The SMILES string of the molecule is CNCC(O)COc1ccc(Cl)c(-c2nc(NC3CC(C)N(C(=O)OC)C(C)C3)c(C)c(-c3c(C)noc3C)n2)c1. The number of carbonyl (C=O) groups is 1. The van der Waals surface area contributed by atoms with Gasteiger partial charge in [0, 0.05) is 35.8 Å². The zero-order valence-electron chi connectivity index (χ0n) is 24.6. The highest BCUT2D eigenvalue weighted by molar-refractivity contribution is 6.33. The molecule has 3 unspecified atom stereocenters. The van der Waals surface area contributed by atoms with Gasteiger partial charge in [-0.05, 0) is 72.7 Å². The largest absolute Gasteiger partial charge is 0.491 e. The van der Waals surface area contributed by atoms with Gasteiger partial charge in [0.25, 0.3) is 0 Å². The van der Waals surface area contributed by atoms with Crippen molar-refractivity contribution in [1.29, 1.82) is 0 Å². The number of piperidine rings is 1. The molecule has 0 bridgehead atoms. The van der Waals surface area contributed by atoms with Gasteiger partial charge in [-0.15, -0.1) is 0 Å². The third-order valence-corrected chi connectivity index (χ3v) is 7.73. The van der Waals surface area contributed by atoms with Crippen molar-refractivity contribution in [3.63, 3.8) is 0 Å². The fraction of sp³-hybridized carbons (Fsp3) is 0.517. The number of halogens is 1. The van der Waals surface area contributed by atoms with Crippen LogP contribution in [0.25, 0.3) is 22.6 Å². The lowest BCUT2D eigenvalue weighted by molar-refractivity contribution is 0.0661. The fourth-order valence-electron chi connectivity index (χ4n) is 5.45. The van der Waals surface area contributed by atoms with Crippen molar-refractivity contribution < 1.29 is 23.9 Å². The van der Waals surface area contributed by atoms with Crippen molar-refractivity contribution in [2.75, 3.05) is 32.6 Å². The van der Waals surface area contributed by atoms with E-state index in [1.807, 2.05) is 34.6 Å². The van der Waals surface area contributed by atoms with Crippen molar-refractivity contribution in [1.82, 2.24) is 25.3 Å². The van der Waals surface area contributed by atoms with Crippen molar-refractivity contribution >= 4 is 23.5 Å². The predicted octanol–water partition coefficient (Wildman–Crippen LogP) is 4.76. The lowest BCUT2D eigenvalue weighted by Gasteiger charge is -2.42. The lowest BCUT2D eigenvalue weighted by Crippen LogP contribution is -2.52. The molecule has 1 aliphatic heterocycles. The highest BCUT2D eigenvalue weighted by Crippen LogP contribution is 2.37. The standard InChI is InChI=1S/C29H39ClN6O5/c1-15-10-20(11-16(2)36(15)29(38)39-7)32-27-17(3)26(25-18(4)35-41-19(25)5)33-28(34-27)23-12-22(8-9-24(23)30)40-14-21(37)13-31-6/h8-9,12,15-16,20-21,31,37H,10-11,13-14H2,1-7H3,(H,32,33,34). The van der Waals surface area contributed by atoms with E-state index in [1.54, 1.807) is 30.1 Å². The first-order valence-electron chi connectivity index (χ1n) is 13.7. The smallest absolute Gasteiger partial charge is 0.409 e. The highest BCUT2D eigenvalue weighted by Gasteiger charge is 2.35. The maximum Gasteiger partial charge on any atom is 0.409 e. The average molecular weight is 587 g/mol. The fourth-order valence-corrected chi connectivity index (χ4v) is 5.65. The van der Waals surface area contributed by atoms with E-state index in [0.717, 1.165) is 29.7 Å². The predicted molar refractivity (Wildman–Crippen MR) is 157 cm³/mol. The van der Waals surface area contributed by atoms with Crippen LogP contribution in [-0.2, 0) is 4.74 Å². The minimum Gasteiger partial charge on any atom is -0.491 e. The molecule has 3 atom stereocenters. The van der Waals surface area contributed by atoms with Crippen LogP contribution in [0.1, 0.15) is 43.7 Å². The molecule has 12 heteroatoms. The van der Waals surface area contributed by atoms with E-state index in [2.05, 4.69) is 15.8 Å². The summed E-state index contributed by atoms with van der Waals surface area (Å²) in [7, 11) is 3.17.